The molecule has 8 heteroatoms. The molecule has 6 nitrogen and oxygen atoms in total. The van der Waals surface area contributed by atoms with Gasteiger partial charge in [0.2, 0.25) is 0 Å². The van der Waals surface area contributed by atoms with E-state index in [2.05, 4.69) is 5.32 Å². The van der Waals surface area contributed by atoms with Crippen LogP contribution in [0.2, 0.25) is 0 Å². The molecule has 0 spiro atoms. The SMILES string of the molecule is CCCNC(=O)c1sc(N(C)C)c(S(=O)(=O)CC)c1N. The summed E-state index contributed by atoms with van der Waals surface area (Å²) in [4.78, 5) is 14.0. The summed E-state index contributed by atoms with van der Waals surface area (Å²) < 4.78 is 24.3. The van der Waals surface area contributed by atoms with Crippen LogP contribution in [0.15, 0.2) is 4.90 Å². The van der Waals surface area contributed by atoms with Crippen molar-refractivity contribution >= 4 is 37.8 Å². The Balaban J connectivity index is 3.38. The molecule has 0 aliphatic carbocycles. The van der Waals surface area contributed by atoms with Gasteiger partial charge in [-0.25, -0.2) is 8.42 Å². The molecule has 114 valence electrons. The number of nitrogens with one attached hydrogen (secondary N) is 1. The third-order valence-corrected chi connectivity index (χ3v) is 6.02. The number of hydrogen-bond donors (Lipinski definition) is 2. The highest BCUT2D eigenvalue weighted by molar-refractivity contribution is 7.92. The molecule has 1 heterocycles. The highest BCUT2D eigenvalue weighted by Gasteiger charge is 2.29. The van der Waals surface area contributed by atoms with Gasteiger partial charge in [0, 0.05) is 20.6 Å². The Morgan fingerprint density at radius 2 is 1.95 bits per heavy atom. The summed E-state index contributed by atoms with van der Waals surface area (Å²) >= 11 is 1.10. The van der Waals surface area contributed by atoms with Crippen LogP contribution >= 0.6 is 11.3 Å². The number of anilines is 2. The van der Waals surface area contributed by atoms with Gasteiger partial charge in [0.1, 0.15) is 14.8 Å². The summed E-state index contributed by atoms with van der Waals surface area (Å²) in [6, 6.07) is 0. The Morgan fingerprint density at radius 3 is 2.40 bits per heavy atom. The maximum absolute atomic E-state index is 12.2. The van der Waals surface area contributed by atoms with Crippen LogP contribution in [0.25, 0.3) is 0 Å². The molecule has 0 radical (unpaired) electrons. The van der Waals surface area contributed by atoms with Crippen molar-refractivity contribution in [1.82, 2.24) is 5.32 Å². The summed E-state index contributed by atoms with van der Waals surface area (Å²) in [5.74, 6) is -0.375. The minimum Gasteiger partial charge on any atom is -0.396 e. The number of sulfone groups is 1. The molecule has 3 N–H and O–H groups in total. The molecule has 0 saturated heterocycles. The zero-order valence-electron chi connectivity index (χ0n) is 12.2. The number of nitrogens with two attached hydrogens (primary N) is 1. The zero-order chi connectivity index (χ0) is 15.5. The minimum absolute atomic E-state index is 0.0501. The first-order valence-corrected chi connectivity index (χ1v) is 8.83. The first-order chi connectivity index (χ1) is 9.26. The van der Waals surface area contributed by atoms with Gasteiger partial charge in [-0.2, -0.15) is 0 Å². The lowest BCUT2D eigenvalue weighted by atomic mass is 10.3. The predicted octanol–water partition coefficient (Wildman–Crippen LogP) is 1.33. The van der Waals surface area contributed by atoms with E-state index in [1.165, 1.54) is 0 Å². The van der Waals surface area contributed by atoms with Crippen LogP contribution in [0, 0.1) is 0 Å². The van der Waals surface area contributed by atoms with Gasteiger partial charge < -0.3 is 16.0 Å². The van der Waals surface area contributed by atoms with Gasteiger partial charge >= 0.3 is 0 Å². The second-order valence-corrected chi connectivity index (χ2v) is 7.75. The van der Waals surface area contributed by atoms with Crippen molar-refractivity contribution in [2.45, 2.75) is 25.2 Å². The van der Waals surface area contributed by atoms with Crippen LogP contribution in [-0.2, 0) is 9.84 Å². The van der Waals surface area contributed by atoms with E-state index in [4.69, 9.17) is 5.73 Å². The number of nitrogens with zero attached hydrogens (tertiary/aromatic N) is 1. The fourth-order valence-corrected chi connectivity index (χ4v) is 4.34. The van der Waals surface area contributed by atoms with Crippen LogP contribution < -0.4 is 16.0 Å². The molecular weight excluding hydrogens is 298 g/mol. The van der Waals surface area contributed by atoms with Gasteiger partial charge in [-0.1, -0.05) is 13.8 Å². The Morgan fingerprint density at radius 1 is 1.35 bits per heavy atom. The minimum atomic E-state index is -3.47. The third-order valence-electron chi connectivity index (χ3n) is 2.72. The monoisotopic (exact) mass is 319 g/mol. The number of nitrogen functional groups attached to an aromatic ring is 1. The molecule has 0 aromatic carbocycles. The Bertz CT molecular complexity index is 591. The van der Waals surface area contributed by atoms with Gasteiger partial charge in [-0.3, -0.25) is 4.79 Å². The second kappa shape index (κ2) is 6.45. The van der Waals surface area contributed by atoms with E-state index in [9.17, 15) is 13.2 Å². The Labute approximate surface area is 123 Å². The molecule has 0 fully saturated rings. The van der Waals surface area contributed by atoms with Crippen LogP contribution in [0.4, 0.5) is 10.7 Å². The van der Waals surface area contributed by atoms with Gasteiger partial charge in [0.05, 0.1) is 11.4 Å². The first kappa shape index (κ1) is 16.8. The maximum Gasteiger partial charge on any atom is 0.263 e. The van der Waals surface area contributed by atoms with E-state index in [1.807, 2.05) is 6.92 Å². The molecule has 0 saturated carbocycles. The number of thiophene rings is 1. The van der Waals surface area contributed by atoms with Crippen molar-refractivity contribution in [2.75, 3.05) is 37.0 Å². The maximum atomic E-state index is 12.2. The van der Waals surface area contributed by atoms with Gasteiger partial charge in [-0.05, 0) is 6.42 Å². The molecule has 1 amide bonds. The Kier molecular flexibility index (Phi) is 5.41. The highest BCUT2D eigenvalue weighted by atomic mass is 32.2. The third kappa shape index (κ3) is 3.24. The van der Waals surface area contributed by atoms with E-state index in [-0.39, 0.29) is 27.1 Å². The van der Waals surface area contributed by atoms with Crippen LogP contribution in [0.1, 0.15) is 29.9 Å². The molecule has 0 unspecified atom stereocenters. The molecule has 1 rings (SSSR count). The van der Waals surface area contributed by atoms with E-state index < -0.39 is 9.84 Å². The molecular formula is C12H21N3O3S2. The molecule has 0 bridgehead atoms. The van der Waals surface area contributed by atoms with Gasteiger partial charge in [0.15, 0.2) is 9.84 Å². The van der Waals surface area contributed by atoms with Crippen molar-refractivity contribution in [3.63, 3.8) is 0 Å². The topological polar surface area (TPSA) is 92.5 Å². The largest absolute Gasteiger partial charge is 0.396 e. The summed E-state index contributed by atoms with van der Waals surface area (Å²) in [5, 5.41) is 3.21. The first-order valence-electron chi connectivity index (χ1n) is 6.36. The highest BCUT2D eigenvalue weighted by Crippen LogP contribution is 2.41. The lowest BCUT2D eigenvalue weighted by molar-refractivity contribution is 0.0958. The number of carbonyl (C=O) groups excluding carboxylic acids is 1. The number of rotatable bonds is 6. The second-order valence-electron chi connectivity index (χ2n) is 4.53. The lowest BCUT2D eigenvalue weighted by Gasteiger charge is -2.12. The quantitative estimate of drug-likeness (QED) is 0.825. The number of carbonyl (C=O) groups is 1. The molecule has 0 atom stereocenters. The summed E-state index contributed by atoms with van der Waals surface area (Å²) in [6.07, 6.45) is 0.803. The van der Waals surface area contributed by atoms with Crippen molar-refractivity contribution in [3.05, 3.63) is 4.88 Å². The van der Waals surface area contributed by atoms with Crippen molar-refractivity contribution in [3.8, 4) is 0 Å². The summed E-state index contributed by atoms with van der Waals surface area (Å²) in [5.41, 5.74) is 5.97. The normalized spacial score (nSPS) is 11.4. The number of amides is 1. The zero-order valence-corrected chi connectivity index (χ0v) is 13.8. The smallest absolute Gasteiger partial charge is 0.263 e. The van der Waals surface area contributed by atoms with Crippen molar-refractivity contribution in [1.29, 1.82) is 0 Å². The van der Waals surface area contributed by atoms with E-state index >= 15 is 0 Å². The molecule has 20 heavy (non-hydrogen) atoms. The fraction of sp³-hybridized carbons (Fsp3) is 0.583. The van der Waals surface area contributed by atoms with E-state index in [0.29, 0.717) is 11.5 Å². The molecule has 1 aromatic heterocycles. The molecule has 0 aliphatic heterocycles. The van der Waals surface area contributed by atoms with Gasteiger partial charge in [-0.15, -0.1) is 11.3 Å². The van der Waals surface area contributed by atoms with E-state index in [1.54, 1.807) is 25.9 Å². The standard InChI is InChI=1S/C12H21N3O3S2/c1-5-7-14-11(16)9-8(13)10(20(17,18)6-2)12(19-9)15(3)4/h5-7,13H2,1-4H3,(H,14,16). The molecule has 1 aromatic rings. The number of hydrogen-bond acceptors (Lipinski definition) is 6. The average molecular weight is 319 g/mol. The molecule has 0 aliphatic rings. The van der Waals surface area contributed by atoms with Crippen LogP contribution in [-0.4, -0.2) is 40.7 Å². The lowest BCUT2D eigenvalue weighted by Crippen LogP contribution is -2.24. The van der Waals surface area contributed by atoms with Crippen LogP contribution in [0.3, 0.4) is 0 Å². The van der Waals surface area contributed by atoms with Crippen molar-refractivity contribution in [2.24, 2.45) is 0 Å². The summed E-state index contributed by atoms with van der Waals surface area (Å²) in [6.45, 7) is 4.03. The van der Waals surface area contributed by atoms with Gasteiger partial charge in [0.25, 0.3) is 5.91 Å². The fourth-order valence-electron chi connectivity index (χ4n) is 1.64. The van der Waals surface area contributed by atoms with Crippen LogP contribution in [0.5, 0.6) is 0 Å². The van der Waals surface area contributed by atoms with E-state index in [0.717, 1.165) is 17.8 Å². The predicted molar refractivity (Wildman–Crippen MR) is 83.4 cm³/mol. The summed E-state index contributed by atoms with van der Waals surface area (Å²) in [7, 11) is -0.0143. The average Bonchev–Trinajstić information content (AvgIpc) is 2.74. The Hall–Kier alpha value is -1.28. The van der Waals surface area contributed by atoms with Crippen molar-refractivity contribution < 1.29 is 13.2 Å².